The molecule has 0 aliphatic heterocycles. The summed E-state index contributed by atoms with van der Waals surface area (Å²) in [5.74, 6) is 27.4. The van der Waals surface area contributed by atoms with Gasteiger partial charge in [0.2, 0.25) is 0 Å². The predicted octanol–water partition coefficient (Wildman–Crippen LogP) is 6.78. The van der Waals surface area contributed by atoms with Crippen LogP contribution in [0.2, 0.25) is 0 Å². The lowest BCUT2D eigenvalue weighted by Gasteiger charge is -2.64. The van der Waals surface area contributed by atoms with Crippen molar-refractivity contribution in [3.63, 3.8) is 0 Å². The van der Waals surface area contributed by atoms with E-state index in [2.05, 4.69) is 77.7 Å². The van der Waals surface area contributed by atoms with E-state index in [1.54, 1.807) is 0 Å². The van der Waals surface area contributed by atoms with Crippen LogP contribution >= 0.6 is 0 Å². The molecule has 0 nitrogen and oxygen atoms in total. The van der Waals surface area contributed by atoms with Crippen molar-refractivity contribution in [2.24, 2.45) is 23.2 Å². The van der Waals surface area contributed by atoms with Crippen molar-refractivity contribution >= 4 is 0 Å². The summed E-state index contributed by atoms with van der Waals surface area (Å²) in [7, 11) is 0. The van der Waals surface area contributed by atoms with Gasteiger partial charge in [0.25, 0.3) is 0 Å². The van der Waals surface area contributed by atoms with E-state index in [-0.39, 0.29) is 5.41 Å². The Morgan fingerprint density at radius 1 is 0.550 bits per heavy atom. The minimum atomic E-state index is -0.586. The SMILES string of the molecule is C#Cc1cccc(C#CC2(C#Cc3cccc(C#C)c3C#C)C3CC4CC(C3)CC2(c2ccccc2)C4)c1C#C. The third kappa shape index (κ3) is 3.83. The van der Waals surface area contributed by atoms with Crippen molar-refractivity contribution < 1.29 is 0 Å². The number of hydrogen-bond acceptors (Lipinski definition) is 0. The molecule has 2 unspecified atom stereocenters. The first-order valence-corrected chi connectivity index (χ1v) is 13.8. The van der Waals surface area contributed by atoms with Crippen LogP contribution in [0.1, 0.15) is 71.0 Å². The zero-order valence-electron chi connectivity index (χ0n) is 22.4. The molecule has 4 saturated carbocycles. The summed E-state index contributed by atoms with van der Waals surface area (Å²) < 4.78 is 0. The fraction of sp³-hybridized carbons (Fsp3) is 0.250. The van der Waals surface area contributed by atoms with Gasteiger partial charge in [0.05, 0.1) is 11.1 Å². The lowest BCUT2D eigenvalue weighted by Crippen LogP contribution is -2.61. The topological polar surface area (TPSA) is 0 Å². The third-order valence-electron chi connectivity index (χ3n) is 9.39. The molecule has 3 aromatic rings. The van der Waals surface area contributed by atoms with Gasteiger partial charge in [-0.15, -0.1) is 25.7 Å². The van der Waals surface area contributed by atoms with Crippen LogP contribution in [0.5, 0.6) is 0 Å². The molecular weight excluding hydrogens is 480 g/mol. The van der Waals surface area contributed by atoms with E-state index >= 15 is 0 Å². The molecule has 0 saturated heterocycles. The highest BCUT2D eigenvalue weighted by molar-refractivity contribution is 5.62. The second-order valence-electron chi connectivity index (χ2n) is 11.3. The first-order chi connectivity index (χ1) is 19.6. The number of benzene rings is 3. The standard InChI is InChI=1S/C40H28/c1-5-31-14-12-16-33(37(31)7-3)20-22-39(23-21-34-17-13-15-32(6-2)38(34)8-4)36-25-29-24-30(26-36)28-40(39,27-29)35-18-10-9-11-19-35/h1-4,9-19,29-30,36H,24-28H2. The van der Waals surface area contributed by atoms with Gasteiger partial charge in [0, 0.05) is 27.7 Å². The molecule has 4 aliphatic rings. The minimum Gasteiger partial charge on any atom is -0.115 e. The molecule has 4 aliphatic carbocycles. The maximum absolute atomic E-state index is 5.92. The van der Waals surface area contributed by atoms with E-state index in [0.717, 1.165) is 36.8 Å². The van der Waals surface area contributed by atoms with E-state index in [1.807, 2.05) is 36.4 Å². The van der Waals surface area contributed by atoms with Gasteiger partial charge in [0.15, 0.2) is 0 Å². The summed E-state index contributed by atoms with van der Waals surface area (Å²) in [6.45, 7) is 0. The Labute approximate surface area is 239 Å². The van der Waals surface area contributed by atoms with Crippen molar-refractivity contribution in [3.05, 3.63) is 106 Å². The van der Waals surface area contributed by atoms with Gasteiger partial charge in [-0.3, -0.25) is 0 Å². The third-order valence-corrected chi connectivity index (χ3v) is 9.39. The first-order valence-electron chi connectivity index (χ1n) is 13.8. The number of hydrogen-bond donors (Lipinski definition) is 0. The fourth-order valence-electron chi connectivity index (χ4n) is 7.92. The molecule has 4 bridgehead atoms. The van der Waals surface area contributed by atoms with Crippen molar-refractivity contribution in [3.8, 4) is 73.1 Å². The Morgan fingerprint density at radius 3 is 1.52 bits per heavy atom. The van der Waals surface area contributed by atoms with Crippen LogP contribution in [-0.4, -0.2) is 0 Å². The monoisotopic (exact) mass is 508 g/mol. The largest absolute Gasteiger partial charge is 0.115 e. The van der Waals surface area contributed by atoms with Crippen molar-refractivity contribution in [2.75, 3.05) is 0 Å². The molecule has 4 fully saturated rings. The van der Waals surface area contributed by atoms with E-state index in [4.69, 9.17) is 25.7 Å². The van der Waals surface area contributed by atoms with Crippen LogP contribution in [-0.2, 0) is 5.41 Å². The van der Waals surface area contributed by atoms with Gasteiger partial charge in [-0.2, -0.15) is 0 Å². The number of terminal acetylenes is 4. The molecule has 7 rings (SSSR count). The van der Waals surface area contributed by atoms with Gasteiger partial charge in [0.1, 0.15) is 5.41 Å². The van der Waals surface area contributed by atoms with Crippen molar-refractivity contribution in [1.29, 1.82) is 0 Å². The minimum absolute atomic E-state index is 0.191. The smallest absolute Gasteiger partial charge is 0.105 e. The molecule has 0 radical (unpaired) electrons. The van der Waals surface area contributed by atoms with E-state index in [1.165, 1.54) is 12.0 Å². The second kappa shape index (κ2) is 9.96. The second-order valence-corrected chi connectivity index (χ2v) is 11.3. The molecule has 0 heterocycles. The van der Waals surface area contributed by atoms with Crippen LogP contribution < -0.4 is 0 Å². The van der Waals surface area contributed by atoms with Gasteiger partial charge in [-0.05, 0) is 79.7 Å². The zero-order valence-corrected chi connectivity index (χ0v) is 22.4. The predicted molar refractivity (Wildman–Crippen MR) is 162 cm³/mol. The molecule has 188 valence electrons. The fourth-order valence-corrected chi connectivity index (χ4v) is 7.92. The molecule has 2 atom stereocenters. The van der Waals surface area contributed by atoms with Gasteiger partial charge < -0.3 is 0 Å². The van der Waals surface area contributed by atoms with Crippen LogP contribution in [0.4, 0.5) is 0 Å². The summed E-state index contributed by atoms with van der Waals surface area (Å²) in [6, 6.07) is 22.4. The highest BCUT2D eigenvalue weighted by Gasteiger charge is 2.65. The van der Waals surface area contributed by atoms with Gasteiger partial charge >= 0.3 is 0 Å². The average molecular weight is 509 g/mol. The van der Waals surface area contributed by atoms with Crippen molar-refractivity contribution in [2.45, 2.75) is 37.5 Å². The molecule has 0 N–H and O–H groups in total. The molecule has 3 aromatic carbocycles. The van der Waals surface area contributed by atoms with Crippen LogP contribution in [0.3, 0.4) is 0 Å². The zero-order chi connectivity index (χ0) is 27.7. The highest BCUT2D eigenvalue weighted by atomic mass is 14.7. The van der Waals surface area contributed by atoms with E-state index in [9.17, 15) is 0 Å². The summed E-state index contributed by atoms with van der Waals surface area (Å²) in [4.78, 5) is 0. The Bertz CT molecular complexity index is 1690. The van der Waals surface area contributed by atoms with Crippen LogP contribution in [0.15, 0.2) is 66.7 Å². The lowest BCUT2D eigenvalue weighted by molar-refractivity contribution is -0.0711. The Morgan fingerprint density at radius 2 is 1.05 bits per heavy atom. The summed E-state index contributed by atoms with van der Waals surface area (Å²) in [5, 5.41) is 0. The molecule has 40 heavy (non-hydrogen) atoms. The molecule has 0 heteroatoms. The molecule has 0 amide bonds. The quantitative estimate of drug-likeness (QED) is 0.318. The Balaban J connectivity index is 1.63. The molecule has 0 spiro atoms. The molecular formula is C40H28. The van der Waals surface area contributed by atoms with Gasteiger partial charge in [-0.1, -0.05) is 89.8 Å². The maximum Gasteiger partial charge on any atom is 0.105 e. The summed E-state index contributed by atoms with van der Waals surface area (Å²) >= 11 is 0. The van der Waals surface area contributed by atoms with Gasteiger partial charge in [-0.25, -0.2) is 0 Å². The Kier molecular flexibility index (Phi) is 6.30. The normalized spacial score (nSPS) is 24.6. The van der Waals surface area contributed by atoms with Crippen molar-refractivity contribution in [1.82, 2.24) is 0 Å². The molecule has 0 aromatic heterocycles. The van der Waals surface area contributed by atoms with E-state index in [0.29, 0.717) is 40.0 Å². The first kappa shape index (κ1) is 25.3. The summed E-state index contributed by atoms with van der Waals surface area (Å²) in [6.07, 6.45) is 29.1. The average Bonchev–Trinajstić information content (AvgIpc) is 3.00. The van der Waals surface area contributed by atoms with Crippen LogP contribution in [0, 0.1) is 96.2 Å². The Hall–Kier alpha value is -4.98. The lowest BCUT2D eigenvalue weighted by atomic mass is 9.37. The summed E-state index contributed by atoms with van der Waals surface area (Å²) in [5.41, 5.74) is 4.78. The van der Waals surface area contributed by atoms with Crippen LogP contribution in [0.25, 0.3) is 0 Å². The number of rotatable bonds is 1. The maximum atomic E-state index is 5.92. The highest BCUT2D eigenvalue weighted by Crippen LogP contribution is 2.68. The van der Waals surface area contributed by atoms with E-state index < -0.39 is 5.41 Å².